The van der Waals surface area contributed by atoms with Crippen LogP contribution in [-0.4, -0.2) is 20.5 Å². The summed E-state index contributed by atoms with van der Waals surface area (Å²) < 4.78 is 1.56. The summed E-state index contributed by atoms with van der Waals surface area (Å²) in [5.74, 6) is -1.09. The Morgan fingerprint density at radius 3 is 2.82 bits per heavy atom. The standard InChI is InChI=1S/C15H11Cl2N3O2/c1-8-2-3-11(10(16)6-8)19-13-9(15(21)22)7-20-5-4-18-14(20)12(13)17/h2-7,19H,1H3,(H,21,22). The van der Waals surface area contributed by atoms with Crippen molar-refractivity contribution in [1.29, 1.82) is 0 Å². The van der Waals surface area contributed by atoms with Crippen LogP contribution in [0.1, 0.15) is 15.9 Å². The largest absolute Gasteiger partial charge is 0.478 e. The van der Waals surface area contributed by atoms with E-state index >= 15 is 0 Å². The molecule has 2 heterocycles. The summed E-state index contributed by atoms with van der Waals surface area (Å²) in [5.41, 5.74) is 2.35. The second-order valence-corrected chi connectivity index (χ2v) is 5.59. The number of carbonyl (C=O) groups is 1. The number of rotatable bonds is 3. The Kier molecular flexibility index (Phi) is 3.68. The fourth-order valence-electron chi connectivity index (χ4n) is 2.16. The number of hydrogen-bond acceptors (Lipinski definition) is 3. The van der Waals surface area contributed by atoms with E-state index in [1.165, 1.54) is 6.20 Å². The average molecular weight is 336 g/mol. The van der Waals surface area contributed by atoms with Gasteiger partial charge in [0.05, 0.1) is 16.4 Å². The van der Waals surface area contributed by atoms with E-state index in [2.05, 4.69) is 10.3 Å². The third-order valence-corrected chi connectivity index (χ3v) is 3.91. The molecule has 22 heavy (non-hydrogen) atoms. The molecule has 0 unspecified atom stereocenters. The number of benzene rings is 1. The van der Waals surface area contributed by atoms with Crippen LogP contribution in [0.3, 0.4) is 0 Å². The van der Waals surface area contributed by atoms with Crippen LogP contribution in [0.25, 0.3) is 5.65 Å². The fraction of sp³-hybridized carbons (Fsp3) is 0.0667. The molecular weight excluding hydrogens is 325 g/mol. The van der Waals surface area contributed by atoms with Gasteiger partial charge in [-0.25, -0.2) is 9.78 Å². The maximum Gasteiger partial charge on any atom is 0.339 e. The van der Waals surface area contributed by atoms with E-state index < -0.39 is 5.97 Å². The van der Waals surface area contributed by atoms with Gasteiger partial charge in [-0.1, -0.05) is 29.3 Å². The van der Waals surface area contributed by atoms with Crippen molar-refractivity contribution < 1.29 is 9.90 Å². The fourth-order valence-corrected chi connectivity index (χ4v) is 2.74. The highest BCUT2D eigenvalue weighted by atomic mass is 35.5. The molecule has 3 aromatic rings. The van der Waals surface area contributed by atoms with Gasteiger partial charge in [0.25, 0.3) is 0 Å². The Bertz CT molecular complexity index is 890. The van der Waals surface area contributed by atoms with E-state index in [0.717, 1.165) is 5.56 Å². The first-order valence-electron chi connectivity index (χ1n) is 6.39. The second-order valence-electron chi connectivity index (χ2n) is 4.80. The van der Waals surface area contributed by atoms with Crippen LogP contribution in [0, 0.1) is 6.92 Å². The van der Waals surface area contributed by atoms with E-state index in [1.807, 2.05) is 13.0 Å². The minimum absolute atomic E-state index is 0.0344. The number of pyridine rings is 1. The molecule has 3 rings (SSSR count). The lowest BCUT2D eigenvalue weighted by Crippen LogP contribution is -2.06. The van der Waals surface area contributed by atoms with Gasteiger partial charge in [-0.15, -0.1) is 0 Å². The van der Waals surface area contributed by atoms with Gasteiger partial charge in [0.15, 0.2) is 5.65 Å². The lowest BCUT2D eigenvalue weighted by atomic mass is 10.2. The van der Waals surface area contributed by atoms with Crippen molar-refractivity contribution in [2.45, 2.75) is 6.92 Å². The van der Waals surface area contributed by atoms with Crippen molar-refractivity contribution in [2.24, 2.45) is 0 Å². The number of hydrogen-bond donors (Lipinski definition) is 2. The molecule has 0 aliphatic rings. The van der Waals surface area contributed by atoms with Crippen molar-refractivity contribution in [1.82, 2.24) is 9.38 Å². The first-order chi connectivity index (χ1) is 10.5. The summed E-state index contributed by atoms with van der Waals surface area (Å²) in [6, 6.07) is 5.43. The molecule has 2 aromatic heterocycles. The number of nitrogens with one attached hydrogen (secondary N) is 1. The molecule has 5 nitrogen and oxygen atoms in total. The highest BCUT2D eigenvalue weighted by Gasteiger charge is 2.19. The van der Waals surface area contributed by atoms with E-state index in [4.69, 9.17) is 23.2 Å². The van der Waals surface area contributed by atoms with Crippen LogP contribution < -0.4 is 5.32 Å². The first-order valence-corrected chi connectivity index (χ1v) is 7.14. The molecule has 0 radical (unpaired) electrons. The number of carboxylic acids is 1. The van der Waals surface area contributed by atoms with E-state index in [-0.39, 0.29) is 16.3 Å². The van der Waals surface area contributed by atoms with Crippen LogP contribution in [0.15, 0.2) is 36.8 Å². The van der Waals surface area contributed by atoms with E-state index in [1.54, 1.807) is 28.9 Å². The first kappa shape index (κ1) is 14.7. The van der Waals surface area contributed by atoms with Gasteiger partial charge in [-0.3, -0.25) is 0 Å². The summed E-state index contributed by atoms with van der Waals surface area (Å²) in [6.45, 7) is 1.92. The van der Waals surface area contributed by atoms with Crippen molar-refractivity contribution in [3.63, 3.8) is 0 Å². The second kappa shape index (κ2) is 5.51. The minimum atomic E-state index is -1.09. The smallest absolute Gasteiger partial charge is 0.339 e. The van der Waals surface area contributed by atoms with Gasteiger partial charge in [-0.05, 0) is 24.6 Å². The van der Waals surface area contributed by atoms with Crippen molar-refractivity contribution in [2.75, 3.05) is 5.32 Å². The quantitative estimate of drug-likeness (QED) is 0.744. The Labute approximate surface area is 136 Å². The normalized spacial score (nSPS) is 10.9. The number of aryl methyl sites for hydroxylation is 1. The van der Waals surface area contributed by atoms with Crippen molar-refractivity contribution in [3.05, 3.63) is 58.0 Å². The molecule has 1 aromatic carbocycles. The maximum atomic E-state index is 11.5. The van der Waals surface area contributed by atoms with Gasteiger partial charge >= 0.3 is 5.97 Å². The zero-order chi connectivity index (χ0) is 15.9. The summed E-state index contributed by atoms with van der Waals surface area (Å²) in [6.07, 6.45) is 4.65. The number of carboxylic acid groups (broad SMARTS) is 1. The summed E-state index contributed by atoms with van der Waals surface area (Å²) in [5, 5.41) is 13.1. The number of aromatic nitrogens is 2. The third-order valence-electron chi connectivity index (χ3n) is 3.24. The number of aromatic carboxylic acids is 1. The maximum absolute atomic E-state index is 11.5. The van der Waals surface area contributed by atoms with Crippen LogP contribution in [-0.2, 0) is 0 Å². The summed E-state index contributed by atoms with van der Waals surface area (Å²) in [4.78, 5) is 15.6. The molecule has 2 N–H and O–H groups in total. The summed E-state index contributed by atoms with van der Waals surface area (Å²) in [7, 11) is 0. The summed E-state index contributed by atoms with van der Waals surface area (Å²) >= 11 is 12.5. The van der Waals surface area contributed by atoms with Gasteiger partial charge in [0.1, 0.15) is 10.6 Å². The van der Waals surface area contributed by atoms with E-state index in [0.29, 0.717) is 16.4 Å². The number of fused-ring (bicyclic) bond motifs is 1. The van der Waals surface area contributed by atoms with Gasteiger partial charge < -0.3 is 14.8 Å². The van der Waals surface area contributed by atoms with Crippen LogP contribution in [0.5, 0.6) is 0 Å². The van der Waals surface area contributed by atoms with Crippen LogP contribution in [0.4, 0.5) is 11.4 Å². The van der Waals surface area contributed by atoms with Gasteiger partial charge in [-0.2, -0.15) is 0 Å². The molecule has 0 aliphatic heterocycles. The Balaban J connectivity index is 2.18. The zero-order valence-electron chi connectivity index (χ0n) is 11.5. The average Bonchev–Trinajstić information content (AvgIpc) is 2.92. The Morgan fingerprint density at radius 2 is 2.14 bits per heavy atom. The minimum Gasteiger partial charge on any atom is -0.478 e. The van der Waals surface area contributed by atoms with Crippen LogP contribution >= 0.6 is 23.2 Å². The highest BCUT2D eigenvalue weighted by molar-refractivity contribution is 6.37. The highest BCUT2D eigenvalue weighted by Crippen LogP contribution is 2.35. The number of anilines is 2. The molecule has 0 spiro atoms. The molecule has 7 heteroatoms. The number of nitrogens with zero attached hydrogens (tertiary/aromatic N) is 2. The Hall–Kier alpha value is -2.24. The molecule has 0 saturated carbocycles. The van der Waals surface area contributed by atoms with E-state index in [9.17, 15) is 9.90 Å². The molecule has 0 saturated heterocycles. The lowest BCUT2D eigenvalue weighted by molar-refractivity contribution is 0.0697. The molecule has 0 amide bonds. The predicted octanol–water partition coefficient (Wildman–Crippen LogP) is 4.39. The topological polar surface area (TPSA) is 66.6 Å². The third kappa shape index (κ3) is 2.49. The number of imidazole rings is 1. The molecule has 0 atom stereocenters. The predicted molar refractivity (Wildman–Crippen MR) is 86.6 cm³/mol. The molecular formula is C15H11Cl2N3O2. The monoisotopic (exact) mass is 335 g/mol. The lowest BCUT2D eigenvalue weighted by Gasteiger charge is -2.14. The van der Waals surface area contributed by atoms with Crippen molar-refractivity contribution in [3.8, 4) is 0 Å². The zero-order valence-corrected chi connectivity index (χ0v) is 13.0. The molecule has 0 aliphatic carbocycles. The molecule has 0 bridgehead atoms. The Morgan fingerprint density at radius 1 is 1.36 bits per heavy atom. The molecule has 0 fully saturated rings. The van der Waals surface area contributed by atoms with Crippen molar-refractivity contribution >= 4 is 46.2 Å². The number of halogens is 2. The van der Waals surface area contributed by atoms with Crippen LogP contribution in [0.2, 0.25) is 10.0 Å². The van der Waals surface area contributed by atoms with Gasteiger partial charge in [0, 0.05) is 18.6 Å². The van der Waals surface area contributed by atoms with Gasteiger partial charge in [0.2, 0.25) is 0 Å². The SMILES string of the molecule is Cc1ccc(Nc2c(C(=O)O)cn3ccnc3c2Cl)c(Cl)c1. The molecule has 112 valence electrons.